The van der Waals surface area contributed by atoms with Gasteiger partial charge in [0, 0.05) is 23.2 Å². The highest BCUT2D eigenvalue weighted by molar-refractivity contribution is 6.31. The molecule has 0 bridgehead atoms. The second-order valence-electron chi connectivity index (χ2n) is 5.02. The Hall–Kier alpha value is -1.91. The van der Waals surface area contributed by atoms with Gasteiger partial charge in [-0.1, -0.05) is 41.9 Å². The van der Waals surface area contributed by atoms with Crippen molar-refractivity contribution in [3.63, 3.8) is 0 Å². The monoisotopic (exact) mass is 304 g/mol. The first-order valence-electron chi connectivity index (χ1n) is 6.78. The second kappa shape index (κ2) is 7.20. The van der Waals surface area contributed by atoms with Crippen molar-refractivity contribution in [2.24, 2.45) is 5.73 Å². The average molecular weight is 305 g/mol. The number of nitro benzene ring substituents is 1. The van der Waals surface area contributed by atoms with Gasteiger partial charge in [0.05, 0.1) is 4.92 Å². The number of benzene rings is 2. The molecule has 0 aliphatic heterocycles. The van der Waals surface area contributed by atoms with Crippen molar-refractivity contribution in [1.82, 2.24) is 0 Å². The minimum atomic E-state index is -0.396. The van der Waals surface area contributed by atoms with E-state index in [1.54, 1.807) is 12.1 Å². The van der Waals surface area contributed by atoms with Crippen LogP contribution in [0.3, 0.4) is 0 Å². The van der Waals surface area contributed by atoms with Crippen LogP contribution in [0.25, 0.3) is 0 Å². The summed E-state index contributed by atoms with van der Waals surface area (Å²) in [7, 11) is 0. The Kier molecular flexibility index (Phi) is 5.31. The molecule has 0 fully saturated rings. The standard InChI is InChI=1S/C16H17ClN2O2/c17-16-4-2-1-3-13(16)11-14(18)8-5-12-6-9-15(10-7-12)19(20)21/h1-4,6-7,9-10,14H,5,8,11,18H2. The fraction of sp³-hybridized carbons (Fsp3) is 0.250. The highest BCUT2D eigenvalue weighted by atomic mass is 35.5. The molecule has 21 heavy (non-hydrogen) atoms. The molecule has 5 heteroatoms. The van der Waals surface area contributed by atoms with E-state index in [1.165, 1.54) is 12.1 Å². The van der Waals surface area contributed by atoms with E-state index in [4.69, 9.17) is 17.3 Å². The molecule has 0 spiro atoms. The third-order valence-electron chi connectivity index (χ3n) is 3.39. The molecule has 0 aliphatic rings. The molecule has 0 amide bonds. The number of nitro groups is 1. The zero-order valence-electron chi connectivity index (χ0n) is 11.5. The van der Waals surface area contributed by atoms with Gasteiger partial charge in [-0.05, 0) is 36.5 Å². The Morgan fingerprint density at radius 2 is 1.81 bits per heavy atom. The summed E-state index contributed by atoms with van der Waals surface area (Å²) >= 11 is 6.11. The van der Waals surface area contributed by atoms with Crippen LogP contribution >= 0.6 is 11.6 Å². The van der Waals surface area contributed by atoms with Crippen molar-refractivity contribution in [1.29, 1.82) is 0 Å². The Labute approximate surface area is 128 Å². The smallest absolute Gasteiger partial charge is 0.269 e. The van der Waals surface area contributed by atoms with Gasteiger partial charge in [-0.2, -0.15) is 0 Å². The van der Waals surface area contributed by atoms with E-state index in [2.05, 4.69) is 0 Å². The van der Waals surface area contributed by atoms with Gasteiger partial charge in [-0.15, -0.1) is 0 Å². The molecule has 0 aliphatic carbocycles. The molecule has 4 nitrogen and oxygen atoms in total. The normalized spacial score (nSPS) is 12.1. The minimum absolute atomic E-state index is 0.0140. The first-order chi connectivity index (χ1) is 10.1. The van der Waals surface area contributed by atoms with Crippen molar-refractivity contribution >= 4 is 17.3 Å². The van der Waals surface area contributed by atoms with E-state index in [0.717, 1.165) is 35.4 Å². The summed E-state index contributed by atoms with van der Waals surface area (Å²) in [6, 6.07) is 14.3. The first kappa shape index (κ1) is 15.5. The predicted octanol–water partition coefficient (Wildman–Crippen LogP) is 3.75. The number of rotatable bonds is 6. The molecular weight excluding hydrogens is 288 g/mol. The number of non-ortho nitro benzene ring substituents is 1. The highest BCUT2D eigenvalue weighted by Crippen LogP contribution is 2.18. The predicted molar refractivity (Wildman–Crippen MR) is 84.5 cm³/mol. The van der Waals surface area contributed by atoms with Crippen LogP contribution in [0.5, 0.6) is 0 Å². The fourth-order valence-electron chi connectivity index (χ4n) is 2.18. The van der Waals surface area contributed by atoms with Gasteiger partial charge in [0.25, 0.3) is 5.69 Å². The molecule has 0 heterocycles. The summed E-state index contributed by atoms with van der Waals surface area (Å²) in [5.74, 6) is 0. The lowest BCUT2D eigenvalue weighted by molar-refractivity contribution is -0.384. The molecule has 2 rings (SSSR count). The van der Waals surface area contributed by atoms with E-state index in [1.807, 2.05) is 24.3 Å². The van der Waals surface area contributed by atoms with E-state index in [9.17, 15) is 10.1 Å². The van der Waals surface area contributed by atoms with Crippen LogP contribution in [0.15, 0.2) is 48.5 Å². The molecule has 2 N–H and O–H groups in total. The number of halogens is 1. The van der Waals surface area contributed by atoms with Gasteiger partial charge >= 0.3 is 0 Å². The van der Waals surface area contributed by atoms with Crippen LogP contribution in [-0.2, 0) is 12.8 Å². The minimum Gasteiger partial charge on any atom is -0.327 e. The van der Waals surface area contributed by atoms with E-state index in [-0.39, 0.29) is 11.7 Å². The Morgan fingerprint density at radius 3 is 2.43 bits per heavy atom. The maximum Gasteiger partial charge on any atom is 0.269 e. The quantitative estimate of drug-likeness (QED) is 0.652. The maximum absolute atomic E-state index is 10.6. The van der Waals surface area contributed by atoms with Gasteiger partial charge in [0.1, 0.15) is 0 Å². The number of hydrogen-bond donors (Lipinski definition) is 1. The number of hydrogen-bond acceptors (Lipinski definition) is 3. The Bertz CT molecular complexity index is 614. The SMILES string of the molecule is NC(CCc1ccc([N+](=O)[O-])cc1)Cc1ccccc1Cl. The van der Waals surface area contributed by atoms with Crippen molar-refractivity contribution in [3.05, 3.63) is 74.8 Å². The number of nitrogens with two attached hydrogens (primary N) is 1. The molecule has 0 saturated carbocycles. The lowest BCUT2D eigenvalue weighted by atomic mass is 9.99. The van der Waals surface area contributed by atoms with Crippen molar-refractivity contribution in [2.45, 2.75) is 25.3 Å². The molecular formula is C16H17ClN2O2. The first-order valence-corrected chi connectivity index (χ1v) is 7.16. The summed E-state index contributed by atoms with van der Waals surface area (Å²) in [6.45, 7) is 0. The van der Waals surface area contributed by atoms with E-state index in [0.29, 0.717) is 0 Å². The summed E-state index contributed by atoms with van der Waals surface area (Å²) in [4.78, 5) is 10.2. The molecule has 0 aromatic heterocycles. The van der Waals surface area contributed by atoms with Crippen LogP contribution in [0, 0.1) is 10.1 Å². The van der Waals surface area contributed by atoms with Gasteiger partial charge in [0.2, 0.25) is 0 Å². The van der Waals surface area contributed by atoms with Crippen LogP contribution < -0.4 is 5.73 Å². The molecule has 0 radical (unpaired) electrons. The molecule has 1 atom stereocenters. The van der Waals surface area contributed by atoms with Crippen LogP contribution in [0.2, 0.25) is 5.02 Å². The fourth-order valence-corrected chi connectivity index (χ4v) is 2.40. The van der Waals surface area contributed by atoms with Crippen molar-refractivity contribution in [3.8, 4) is 0 Å². The maximum atomic E-state index is 10.6. The number of nitrogens with zero attached hydrogens (tertiary/aromatic N) is 1. The topological polar surface area (TPSA) is 69.2 Å². The summed E-state index contributed by atoms with van der Waals surface area (Å²) in [5, 5.41) is 11.3. The summed E-state index contributed by atoms with van der Waals surface area (Å²) in [6.07, 6.45) is 2.33. The van der Waals surface area contributed by atoms with Crippen LogP contribution in [-0.4, -0.2) is 11.0 Å². The zero-order valence-corrected chi connectivity index (χ0v) is 12.3. The number of aryl methyl sites for hydroxylation is 1. The van der Waals surface area contributed by atoms with E-state index < -0.39 is 4.92 Å². The molecule has 1 unspecified atom stereocenters. The van der Waals surface area contributed by atoms with E-state index >= 15 is 0 Å². The lowest BCUT2D eigenvalue weighted by Gasteiger charge is -2.12. The van der Waals surface area contributed by atoms with Gasteiger partial charge in [-0.25, -0.2) is 0 Å². The van der Waals surface area contributed by atoms with Gasteiger partial charge in [0.15, 0.2) is 0 Å². The molecule has 2 aromatic carbocycles. The Morgan fingerprint density at radius 1 is 1.14 bits per heavy atom. The van der Waals surface area contributed by atoms with Crippen molar-refractivity contribution < 1.29 is 4.92 Å². The average Bonchev–Trinajstić information content (AvgIpc) is 2.48. The lowest BCUT2D eigenvalue weighted by Crippen LogP contribution is -2.23. The van der Waals surface area contributed by atoms with Crippen LogP contribution in [0.1, 0.15) is 17.5 Å². The molecule has 2 aromatic rings. The van der Waals surface area contributed by atoms with Crippen LogP contribution in [0.4, 0.5) is 5.69 Å². The summed E-state index contributed by atoms with van der Waals surface area (Å²) < 4.78 is 0. The zero-order chi connectivity index (χ0) is 15.2. The largest absolute Gasteiger partial charge is 0.327 e. The third kappa shape index (κ3) is 4.55. The Balaban J connectivity index is 1.88. The second-order valence-corrected chi connectivity index (χ2v) is 5.43. The summed E-state index contributed by atoms with van der Waals surface area (Å²) in [5.41, 5.74) is 8.35. The molecule has 0 saturated heterocycles. The van der Waals surface area contributed by atoms with Crippen molar-refractivity contribution in [2.75, 3.05) is 0 Å². The third-order valence-corrected chi connectivity index (χ3v) is 3.76. The van der Waals surface area contributed by atoms with Gasteiger partial charge in [-0.3, -0.25) is 10.1 Å². The highest BCUT2D eigenvalue weighted by Gasteiger charge is 2.08. The molecule has 110 valence electrons. The van der Waals surface area contributed by atoms with Gasteiger partial charge < -0.3 is 5.73 Å².